The van der Waals surface area contributed by atoms with Crippen LogP contribution >= 0.6 is 11.6 Å². The van der Waals surface area contributed by atoms with Gasteiger partial charge < -0.3 is 11.1 Å². The zero-order valence-electron chi connectivity index (χ0n) is 9.03. The average molecular weight is 240 g/mol. The second kappa shape index (κ2) is 6.12. The number of anilines is 1. The van der Waals surface area contributed by atoms with Crippen molar-refractivity contribution in [3.8, 4) is 0 Å². The van der Waals surface area contributed by atoms with E-state index in [0.29, 0.717) is 17.4 Å². The molecule has 0 aromatic carbocycles. The lowest BCUT2D eigenvalue weighted by Gasteiger charge is -1.99. The number of nitrogens with one attached hydrogen (secondary N) is 1. The monoisotopic (exact) mass is 239 g/mol. The molecule has 0 aliphatic heterocycles. The Morgan fingerprint density at radius 3 is 3.06 bits per heavy atom. The van der Waals surface area contributed by atoms with Crippen molar-refractivity contribution < 1.29 is 4.79 Å². The van der Waals surface area contributed by atoms with Gasteiger partial charge in [-0.05, 0) is 18.1 Å². The molecule has 0 unspecified atom stereocenters. The summed E-state index contributed by atoms with van der Waals surface area (Å²) in [4.78, 5) is 14.5. The third-order valence-electron chi connectivity index (χ3n) is 1.88. The van der Waals surface area contributed by atoms with E-state index in [1.807, 2.05) is 12.2 Å². The number of nitrogen functional groups attached to an aromatic ring is 1. The van der Waals surface area contributed by atoms with Crippen LogP contribution < -0.4 is 11.1 Å². The Labute approximate surface area is 99.5 Å². The molecule has 86 valence electrons. The van der Waals surface area contributed by atoms with Crippen LogP contribution in [0.5, 0.6) is 0 Å². The van der Waals surface area contributed by atoms with Crippen molar-refractivity contribution in [1.82, 2.24) is 10.3 Å². The van der Waals surface area contributed by atoms with Crippen LogP contribution in [0.4, 0.5) is 5.69 Å². The zero-order chi connectivity index (χ0) is 12.0. The maximum Gasteiger partial charge on any atom is 0.216 e. The van der Waals surface area contributed by atoms with Crippen LogP contribution in [0.2, 0.25) is 5.15 Å². The standard InChI is InChI=1S/C11H14ClN3O/c1-8(16)14-5-3-2-4-9-6-10(13)11(12)15-7-9/h2,4,6-7H,3,5,13H2,1H3,(H,14,16). The maximum absolute atomic E-state index is 10.6. The van der Waals surface area contributed by atoms with Crippen LogP contribution in [-0.2, 0) is 4.79 Å². The number of hydrogen-bond donors (Lipinski definition) is 2. The second-order valence-corrected chi connectivity index (χ2v) is 3.68. The topological polar surface area (TPSA) is 68.0 Å². The van der Waals surface area contributed by atoms with E-state index in [4.69, 9.17) is 17.3 Å². The third-order valence-corrected chi connectivity index (χ3v) is 2.20. The smallest absolute Gasteiger partial charge is 0.216 e. The van der Waals surface area contributed by atoms with E-state index in [2.05, 4.69) is 10.3 Å². The van der Waals surface area contributed by atoms with Crippen LogP contribution in [0.1, 0.15) is 18.9 Å². The number of carbonyl (C=O) groups excluding carboxylic acids is 1. The van der Waals surface area contributed by atoms with Gasteiger partial charge in [-0.25, -0.2) is 4.98 Å². The minimum Gasteiger partial charge on any atom is -0.396 e. The van der Waals surface area contributed by atoms with Crippen molar-refractivity contribution >= 4 is 29.3 Å². The number of halogens is 1. The Morgan fingerprint density at radius 2 is 2.44 bits per heavy atom. The molecule has 1 aromatic heterocycles. The van der Waals surface area contributed by atoms with Crippen molar-refractivity contribution in [1.29, 1.82) is 0 Å². The summed E-state index contributed by atoms with van der Waals surface area (Å²) in [6, 6.07) is 1.75. The predicted octanol–water partition coefficient (Wildman–Crippen LogP) is 1.86. The number of nitrogens with zero attached hydrogens (tertiary/aromatic N) is 1. The number of carbonyl (C=O) groups is 1. The molecule has 4 nitrogen and oxygen atoms in total. The second-order valence-electron chi connectivity index (χ2n) is 3.32. The largest absolute Gasteiger partial charge is 0.396 e. The molecular formula is C11H14ClN3O. The summed E-state index contributed by atoms with van der Waals surface area (Å²) in [6.07, 6.45) is 6.25. The van der Waals surface area contributed by atoms with Gasteiger partial charge in [-0.3, -0.25) is 4.79 Å². The van der Waals surface area contributed by atoms with Crippen molar-refractivity contribution in [2.24, 2.45) is 0 Å². The molecule has 0 fully saturated rings. The first-order chi connectivity index (χ1) is 7.59. The first-order valence-corrected chi connectivity index (χ1v) is 5.29. The highest BCUT2D eigenvalue weighted by Crippen LogP contribution is 2.16. The maximum atomic E-state index is 10.6. The lowest BCUT2D eigenvalue weighted by molar-refractivity contribution is -0.118. The Balaban J connectivity index is 2.44. The van der Waals surface area contributed by atoms with E-state index in [9.17, 15) is 4.79 Å². The Morgan fingerprint density at radius 1 is 1.69 bits per heavy atom. The summed E-state index contributed by atoms with van der Waals surface area (Å²) in [5.41, 5.74) is 6.96. The molecule has 1 aromatic rings. The van der Waals surface area contributed by atoms with E-state index >= 15 is 0 Å². The molecule has 0 bridgehead atoms. The number of nitrogens with two attached hydrogens (primary N) is 1. The lowest BCUT2D eigenvalue weighted by Crippen LogP contribution is -2.20. The van der Waals surface area contributed by atoms with Crippen molar-refractivity contribution in [3.05, 3.63) is 29.1 Å². The van der Waals surface area contributed by atoms with E-state index in [1.54, 1.807) is 12.3 Å². The predicted molar refractivity (Wildman–Crippen MR) is 66.0 cm³/mol. The van der Waals surface area contributed by atoms with Crippen LogP contribution in [0.3, 0.4) is 0 Å². The van der Waals surface area contributed by atoms with Gasteiger partial charge >= 0.3 is 0 Å². The molecule has 3 N–H and O–H groups in total. The molecule has 0 saturated carbocycles. The summed E-state index contributed by atoms with van der Waals surface area (Å²) in [6.45, 7) is 2.12. The molecule has 0 radical (unpaired) electrons. The summed E-state index contributed by atoms with van der Waals surface area (Å²) in [5, 5.41) is 3.02. The van der Waals surface area contributed by atoms with E-state index in [0.717, 1.165) is 12.0 Å². The van der Waals surface area contributed by atoms with Crippen LogP contribution in [0.15, 0.2) is 18.3 Å². The number of aromatic nitrogens is 1. The van der Waals surface area contributed by atoms with Crippen LogP contribution in [0, 0.1) is 0 Å². The van der Waals surface area contributed by atoms with Crippen molar-refractivity contribution in [2.75, 3.05) is 12.3 Å². The number of amides is 1. The number of rotatable bonds is 4. The van der Waals surface area contributed by atoms with Gasteiger partial charge in [0.25, 0.3) is 0 Å². The van der Waals surface area contributed by atoms with E-state index in [-0.39, 0.29) is 5.91 Å². The Kier molecular flexibility index (Phi) is 4.79. The first kappa shape index (κ1) is 12.5. The van der Waals surface area contributed by atoms with Crippen LogP contribution in [0.25, 0.3) is 6.08 Å². The first-order valence-electron chi connectivity index (χ1n) is 4.91. The molecule has 1 rings (SSSR count). The SMILES string of the molecule is CC(=O)NCCC=Cc1cnc(Cl)c(N)c1. The third kappa shape index (κ3) is 4.31. The molecule has 1 amide bonds. The highest BCUT2D eigenvalue weighted by molar-refractivity contribution is 6.31. The van der Waals surface area contributed by atoms with Gasteiger partial charge in [0.1, 0.15) is 0 Å². The normalized spacial score (nSPS) is 10.6. The molecule has 0 atom stereocenters. The molecule has 0 aliphatic rings. The summed E-state index contributed by atoms with van der Waals surface area (Å²) in [7, 11) is 0. The molecule has 16 heavy (non-hydrogen) atoms. The molecule has 5 heteroatoms. The van der Waals surface area contributed by atoms with E-state index < -0.39 is 0 Å². The lowest BCUT2D eigenvalue weighted by atomic mass is 10.2. The highest BCUT2D eigenvalue weighted by Gasteiger charge is 1.96. The van der Waals surface area contributed by atoms with Gasteiger partial charge in [0, 0.05) is 19.7 Å². The van der Waals surface area contributed by atoms with Gasteiger partial charge in [0.2, 0.25) is 5.91 Å². The minimum absolute atomic E-state index is 0.0224. The quantitative estimate of drug-likeness (QED) is 0.623. The van der Waals surface area contributed by atoms with E-state index in [1.165, 1.54) is 6.92 Å². The average Bonchev–Trinajstić information content (AvgIpc) is 2.22. The van der Waals surface area contributed by atoms with Gasteiger partial charge in [-0.2, -0.15) is 0 Å². The summed E-state index contributed by atoms with van der Waals surface area (Å²) in [5.74, 6) is -0.0224. The minimum atomic E-state index is -0.0224. The molecular weight excluding hydrogens is 226 g/mol. The van der Waals surface area contributed by atoms with Crippen molar-refractivity contribution in [2.45, 2.75) is 13.3 Å². The molecule has 0 aliphatic carbocycles. The summed E-state index contributed by atoms with van der Waals surface area (Å²) < 4.78 is 0. The van der Waals surface area contributed by atoms with Crippen LogP contribution in [-0.4, -0.2) is 17.4 Å². The Hall–Kier alpha value is -1.55. The molecule has 1 heterocycles. The number of hydrogen-bond acceptors (Lipinski definition) is 3. The fourth-order valence-corrected chi connectivity index (χ4v) is 1.23. The van der Waals surface area contributed by atoms with Gasteiger partial charge in [0.15, 0.2) is 5.15 Å². The summed E-state index contributed by atoms with van der Waals surface area (Å²) >= 11 is 5.69. The van der Waals surface area contributed by atoms with Gasteiger partial charge in [0.05, 0.1) is 5.69 Å². The molecule has 0 spiro atoms. The Bertz CT molecular complexity index is 404. The molecule has 0 saturated heterocycles. The highest BCUT2D eigenvalue weighted by atomic mass is 35.5. The zero-order valence-corrected chi connectivity index (χ0v) is 9.79. The fourth-order valence-electron chi connectivity index (χ4n) is 1.12. The van der Waals surface area contributed by atoms with Gasteiger partial charge in [-0.1, -0.05) is 23.8 Å². The number of pyridine rings is 1. The van der Waals surface area contributed by atoms with Crippen molar-refractivity contribution in [3.63, 3.8) is 0 Å². The van der Waals surface area contributed by atoms with Gasteiger partial charge in [-0.15, -0.1) is 0 Å². The fraction of sp³-hybridized carbons (Fsp3) is 0.273.